The summed E-state index contributed by atoms with van der Waals surface area (Å²) in [4.78, 5) is 44.9. The fourth-order valence-corrected chi connectivity index (χ4v) is 4.49. The second kappa shape index (κ2) is 11.6. The molecule has 1 fully saturated rings. The van der Waals surface area contributed by atoms with Crippen molar-refractivity contribution in [2.75, 3.05) is 12.0 Å². The van der Waals surface area contributed by atoms with E-state index in [1.54, 1.807) is 18.2 Å². The van der Waals surface area contributed by atoms with E-state index in [1.165, 1.54) is 66.7 Å². The lowest BCUT2D eigenvalue weighted by Gasteiger charge is -2.33. The molecule has 1 heterocycles. The van der Waals surface area contributed by atoms with E-state index in [-0.39, 0.29) is 22.9 Å². The highest BCUT2D eigenvalue weighted by atomic mass is 19.1. The zero-order valence-electron chi connectivity index (χ0n) is 20.0. The van der Waals surface area contributed by atoms with Gasteiger partial charge in [-0.05, 0) is 55.3 Å². The maximum absolute atomic E-state index is 15.1. The number of hydrogen-bond acceptors (Lipinski definition) is 5. The van der Waals surface area contributed by atoms with Gasteiger partial charge in [0.05, 0.1) is 12.7 Å². The zero-order chi connectivity index (χ0) is 25.5. The van der Waals surface area contributed by atoms with E-state index in [1.807, 2.05) is 0 Å². The van der Waals surface area contributed by atoms with E-state index < -0.39 is 29.6 Å². The number of carbonyl (C=O) groups excluding carboxylic acids is 3. The van der Waals surface area contributed by atoms with Crippen LogP contribution in [-0.4, -0.2) is 35.9 Å². The summed E-state index contributed by atoms with van der Waals surface area (Å²) in [6.07, 6.45) is 6.25. The molecule has 8 heteroatoms. The van der Waals surface area contributed by atoms with Crippen LogP contribution in [0.1, 0.15) is 64.6 Å². The Balaban J connectivity index is 1.82. The summed E-state index contributed by atoms with van der Waals surface area (Å²) >= 11 is 0. The minimum absolute atomic E-state index is 0.0472. The van der Waals surface area contributed by atoms with Gasteiger partial charge in [-0.2, -0.15) is 0 Å². The molecule has 2 aromatic carbocycles. The first-order valence-electron chi connectivity index (χ1n) is 12.0. The van der Waals surface area contributed by atoms with Crippen LogP contribution in [0, 0.1) is 5.82 Å². The Morgan fingerprint density at radius 2 is 1.67 bits per heavy atom. The Morgan fingerprint density at radius 3 is 2.31 bits per heavy atom. The molecule has 1 N–H and O–H groups in total. The van der Waals surface area contributed by atoms with E-state index in [0.717, 1.165) is 32.1 Å². The highest BCUT2D eigenvalue weighted by Crippen LogP contribution is 2.32. The number of ether oxygens (including phenoxy) is 1. The first-order valence-corrected chi connectivity index (χ1v) is 12.0. The van der Waals surface area contributed by atoms with Gasteiger partial charge in [0.25, 0.3) is 5.91 Å². The number of pyridine rings is 1. The molecule has 2 amide bonds. The Bertz CT molecular complexity index is 1210. The molecule has 1 aliphatic carbocycles. The predicted molar refractivity (Wildman–Crippen MR) is 133 cm³/mol. The van der Waals surface area contributed by atoms with Crippen molar-refractivity contribution in [1.82, 2.24) is 10.3 Å². The Kier molecular flexibility index (Phi) is 8.05. The molecule has 3 aromatic rings. The van der Waals surface area contributed by atoms with Crippen LogP contribution in [0.5, 0.6) is 0 Å². The number of carbonyl (C=O) groups is 3. The van der Waals surface area contributed by atoms with Crippen molar-refractivity contribution < 1.29 is 23.5 Å². The lowest BCUT2D eigenvalue weighted by Crippen LogP contribution is -2.47. The standard InChI is InChI=1S/C28H28FN3O4/c1-36-28(35)19-14-16-21(17-15-19)32(27(34)24-13-7-8-18-30-24)25(22-11-5-6-12-23(22)29)26(33)31-20-9-3-2-4-10-20/h5-8,11-18,20,25H,2-4,9-10H2,1H3,(H,31,33)/t25-/m0/s1. The summed E-state index contributed by atoms with van der Waals surface area (Å²) in [7, 11) is 1.27. The largest absolute Gasteiger partial charge is 0.465 e. The third-order valence-electron chi connectivity index (χ3n) is 6.33. The number of hydrogen-bond donors (Lipinski definition) is 1. The molecule has 7 nitrogen and oxygen atoms in total. The molecule has 0 bridgehead atoms. The highest BCUT2D eigenvalue weighted by Gasteiger charge is 2.36. The zero-order valence-corrected chi connectivity index (χ0v) is 20.0. The molecule has 0 aliphatic heterocycles. The number of aromatic nitrogens is 1. The van der Waals surface area contributed by atoms with Crippen molar-refractivity contribution in [3.63, 3.8) is 0 Å². The van der Waals surface area contributed by atoms with Gasteiger partial charge in [0, 0.05) is 23.5 Å². The van der Waals surface area contributed by atoms with E-state index in [4.69, 9.17) is 4.74 Å². The molecule has 1 aliphatic rings. The van der Waals surface area contributed by atoms with Crippen molar-refractivity contribution in [2.24, 2.45) is 0 Å². The number of anilines is 1. The number of methoxy groups -OCH3 is 1. The average Bonchev–Trinajstić information content (AvgIpc) is 2.92. The Morgan fingerprint density at radius 1 is 0.972 bits per heavy atom. The molecule has 4 rings (SSSR count). The molecule has 0 unspecified atom stereocenters. The summed E-state index contributed by atoms with van der Waals surface area (Å²) in [6.45, 7) is 0. The quantitative estimate of drug-likeness (QED) is 0.480. The van der Waals surface area contributed by atoms with Gasteiger partial charge in [0.1, 0.15) is 17.6 Å². The van der Waals surface area contributed by atoms with E-state index in [9.17, 15) is 14.4 Å². The number of benzene rings is 2. The molecular formula is C28H28FN3O4. The van der Waals surface area contributed by atoms with Crippen LogP contribution in [0.15, 0.2) is 72.9 Å². The first kappa shape index (κ1) is 25.0. The Hall–Kier alpha value is -4.07. The third kappa shape index (κ3) is 5.59. The van der Waals surface area contributed by atoms with Gasteiger partial charge in [-0.25, -0.2) is 9.18 Å². The van der Waals surface area contributed by atoms with Gasteiger partial charge >= 0.3 is 5.97 Å². The maximum atomic E-state index is 15.1. The van der Waals surface area contributed by atoms with Crippen molar-refractivity contribution in [3.05, 3.63) is 95.6 Å². The van der Waals surface area contributed by atoms with Crippen LogP contribution >= 0.6 is 0 Å². The van der Waals surface area contributed by atoms with E-state index in [2.05, 4.69) is 10.3 Å². The molecule has 0 radical (unpaired) electrons. The van der Waals surface area contributed by atoms with Gasteiger partial charge in [-0.3, -0.25) is 19.5 Å². The van der Waals surface area contributed by atoms with Gasteiger partial charge in [0.15, 0.2) is 0 Å². The second-order valence-electron chi connectivity index (χ2n) is 8.70. The van der Waals surface area contributed by atoms with Crippen LogP contribution in [0.4, 0.5) is 10.1 Å². The maximum Gasteiger partial charge on any atom is 0.337 e. The third-order valence-corrected chi connectivity index (χ3v) is 6.33. The summed E-state index contributed by atoms with van der Waals surface area (Å²) in [6, 6.07) is 15.5. The number of esters is 1. The molecule has 0 spiro atoms. The van der Waals surface area contributed by atoms with Crippen LogP contribution in [0.2, 0.25) is 0 Å². The summed E-state index contributed by atoms with van der Waals surface area (Å²) in [5, 5.41) is 3.05. The summed E-state index contributed by atoms with van der Waals surface area (Å²) < 4.78 is 19.9. The molecule has 36 heavy (non-hydrogen) atoms. The average molecular weight is 490 g/mol. The number of halogens is 1. The van der Waals surface area contributed by atoms with E-state index >= 15 is 4.39 Å². The van der Waals surface area contributed by atoms with E-state index in [0.29, 0.717) is 5.69 Å². The fraction of sp³-hybridized carbons (Fsp3) is 0.286. The second-order valence-corrected chi connectivity index (χ2v) is 8.70. The fourth-order valence-electron chi connectivity index (χ4n) is 4.49. The molecule has 186 valence electrons. The molecule has 1 aromatic heterocycles. The van der Waals surface area contributed by atoms with Gasteiger partial charge in [0.2, 0.25) is 5.91 Å². The lowest BCUT2D eigenvalue weighted by atomic mass is 9.94. The first-order chi connectivity index (χ1) is 17.5. The normalized spacial score (nSPS) is 14.5. The van der Waals surface area contributed by atoms with Gasteiger partial charge in [-0.1, -0.05) is 43.5 Å². The minimum Gasteiger partial charge on any atom is -0.465 e. The highest BCUT2D eigenvalue weighted by molar-refractivity contribution is 6.09. The van der Waals surface area contributed by atoms with Crippen LogP contribution < -0.4 is 10.2 Å². The number of rotatable bonds is 7. The summed E-state index contributed by atoms with van der Waals surface area (Å²) in [5.74, 6) is -2.20. The van der Waals surface area contributed by atoms with Crippen molar-refractivity contribution >= 4 is 23.5 Å². The lowest BCUT2D eigenvalue weighted by molar-refractivity contribution is -0.123. The van der Waals surface area contributed by atoms with Gasteiger partial charge in [-0.15, -0.1) is 0 Å². The van der Waals surface area contributed by atoms with Crippen molar-refractivity contribution in [1.29, 1.82) is 0 Å². The van der Waals surface area contributed by atoms with Crippen LogP contribution in [-0.2, 0) is 9.53 Å². The monoisotopic (exact) mass is 489 g/mol. The van der Waals surface area contributed by atoms with Crippen molar-refractivity contribution in [3.8, 4) is 0 Å². The van der Waals surface area contributed by atoms with Crippen molar-refractivity contribution in [2.45, 2.75) is 44.2 Å². The number of amides is 2. The van der Waals surface area contributed by atoms with Gasteiger partial charge < -0.3 is 10.1 Å². The smallest absolute Gasteiger partial charge is 0.337 e. The Labute approximate surface area is 209 Å². The number of nitrogens with zero attached hydrogens (tertiary/aromatic N) is 2. The molecule has 1 atom stereocenters. The van der Waals surface area contributed by atoms with Crippen LogP contribution in [0.25, 0.3) is 0 Å². The predicted octanol–water partition coefficient (Wildman–Crippen LogP) is 4.84. The summed E-state index contributed by atoms with van der Waals surface area (Å²) in [5.41, 5.74) is 0.749. The minimum atomic E-state index is -1.30. The topological polar surface area (TPSA) is 88.6 Å². The van der Waals surface area contributed by atoms with Crippen LogP contribution in [0.3, 0.4) is 0 Å². The molecular weight excluding hydrogens is 461 g/mol. The molecule has 1 saturated carbocycles. The SMILES string of the molecule is COC(=O)c1ccc(N(C(=O)c2ccccn2)[C@H](C(=O)NC2CCCCC2)c2ccccc2F)cc1. The molecule has 0 saturated heterocycles. The number of nitrogens with one attached hydrogen (secondary N) is 1.